The van der Waals surface area contributed by atoms with Gasteiger partial charge >= 0.3 is 15.6 Å². The first-order valence-corrected chi connectivity index (χ1v) is 24.9. The number of nitrogens with zero attached hydrogens (tertiary/aromatic N) is 4. The van der Waals surface area contributed by atoms with Gasteiger partial charge in [-0.15, -0.1) is 0 Å². The maximum absolute atomic E-state index is 13.1. The Morgan fingerprint density at radius 1 is 0.301 bits per heavy atom. The number of alkyl halides is 3. The molecule has 0 aromatic heterocycles. The lowest BCUT2D eigenvalue weighted by molar-refractivity contribution is -0.0500. The Bertz CT molecular complexity index is 3300. The van der Waals surface area contributed by atoms with Crippen LogP contribution < -0.4 is 23.8 Å². The molecule has 0 aliphatic carbocycles. The van der Waals surface area contributed by atoms with Crippen molar-refractivity contribution < 1.29 is 25.8 Å². The average Bonchev–Trinajstić information content (AvgIpc) is 3.42. The second kappa shape index (κ2) is 20.7. The first kappa shape index (κ1) is 47.6. The second-order valence-corrected chi connectivity index (χ2v) is 18.7. The van der Waals surface area contributed by atoms with Crippen molar-refractivity contribution in [1.82, 2.24) is 0 Å². The van der Waals surface area contributed by atoms with E-state index in [0.717, 1.165) is 79.3 Å². The Labute approximate surface area is 423 Å². The predicted molar refractivity (Wildman–Crippen MR) is 291 cm³/mol. The molecule has 0 bridgehead atoms. The van der Waals surface area contributed by atoms with Crippen LogP contribution in [0.5, 0.6) is 5.75 Å². The Morgan fingerprint density at radius 2 is 0.507 bits per heavy atom. The summed E-state index contributed by atoms with van der Waals surface area (Å²) in [6.45, 7) is 1.98. The van der Waals surface area contributed by atoms with Crippen molar-refractivity contribution in [2.45, 2.75) is 12.4 Å². The first-order chi connectivity index (χ1) is 35.5. The van der Waals surface area contributed by atoms with Gasteiger partial charge in [-0.25, -0.2) is 0 Å². The summed E-state index contributed by atoms with van der Waals surface area (Å²) in [7, 11) is -5.82. The number of hydrogen-bond acceptors (Lipinski definition) is 7. The van der Waals surface area contributed by atoms with Crippen LogP contribution in [0.1, 0.15) is 5.56 Å². The van der Waals surface area contributed by atoms with E-state index in [4.69, 9.17) is 0 Å². The summed E-state index contributed by atoms with van der Waals surface area (Å²) in [5.74, 6) is -0.452. The third-order valence-corrected chi connectivity index (χ3v) is 13.2. The van der Waals surface area contributed by atoms with Crippen LogP contribution >= 0.6 is 0 Å². The second-order valence-electron chi connectivity index (χ2n) is 17.1. The van der Waals surface area contributed by atoms with Gasteiger partial charge in [-0.1, -0.05) is 115 Å². The fourth-order valence-corrected chi connectivity index (χ4v) is 9.18. The average molecular weight is 985 g/mol. The minimum Gasteiger partial charge on any atom is -0.376 e. The zero-order valence-electron chi connectivity index (χ0n) is 39.5. The van der Waals surface area contributed by atoms with Crippen LogP contribution in [0.15, 0.2) is 267 Å². The van der Waals surface area contributed by atoms with Crippen molar-refractivity contribution in [1.29, 1.82) is 0 Å². The van der Waals surface area contributed by atoms with Gasteiger partial charge in [0.05, 0.1) is 0 Å². The molecule has 10 rings (SSSR count). The van der Waals surface area contributed by atoms with Crippen LogP contribution in [0.25, 0.3) is 11.1 Å². The maximum atomic E-state index is 13.1. The van der Waals surface area contributed by atoms with E-state index < -0.39 is 21.4 Å². The molecule has 10 aromatic carbocycles. The molecule has 0 radical (unpaired) electrons. The van der Waals surface area contributed by atoms with Gasteiger partial charge in [0, 0.05) is 68.2 Å². The summed E-state index contributed by atoms with van der Waals surface area (Å²) in [4.78, 5) is 8.67. The Kier molecular flexibility index (Phi) is 13.5. The van der Waals surface area contributed by atoms with E-state index >= 15 is 0 Å². The Balaban J connectivity index is 0.985. The fraction of sp³-hybridized carbons (Fsp3) is 0.0323. The van der Waals surface area contributed by atoms with Gasteiger partial charge in [-0.05, 0) is 176 Å². The van der Waals surface area contributed by atoms with Crippen molar-refractivity contribution in [2.75, 3.05) is 19.6 Å². The summed E-state index contributed by atoms with van der Waals surface area (Å²) in [6, 6.07) is 88.2. The van der Waals surface area contributed by atoms with Crippen molar-refractivity contribution in [3.05, 3.63) is 272 Å². The van der Waals surface area contributed by atoms with Crippen LogP contribution in [-0.2, 0) is 10.1 Å². The van der Waals surface area contributed by atoms with Crippen LogP contribution in [0.3, 0.4) is 0 Å². The van der Waals surface area contributed by atoms with E-state index in [1.165, 1.54) is 24.3 Å². The number of hydrogen-bond donors (Lipinski definition) is 0. The number of aryl methyl sites for hydroxylation is 1. The van der Waals surface area contributed by atoms with E-state index in [1.54, 1.807) is 0 Å². The van der Waals surface area contributed by atoms with E-state index in [2.05, 4.69) is 140 Å². The molecule has 0 amide bonds. The predicted octanol–water partition coefficient (Wildman–Crippen LogP) is 17.8. The molecule has 0 saturated carbocycles. The molecule has 360 valence electrons. The highest BCUT2D eigenvalue weighted by Crippen LogP contribution is 2.43. The summed E-state index contributed by atoms with van der Waals surface area (Å²) in [5, 5.41) is 0. The third kappa shape index (κ3) is 10.5. The van der Waals surface area contributed by atoms with Crippen LogP contribution in [0.2, 0.25) is 0 Å². The molecule has 0 aliphatic heterocycles. The smallest absolute Gasteiger partial charge is 0.376 e. The molecule has 0 N–H and O–H groups in total. The van der Waals surface area contributed by atoms with Crippen molar-refractivity contribution in [3.8, 4) is 16.9 Å². The summed E-state index contributed by atoms with van der Waals surface area (Å²) in [6.07, 6.45) is 0. The fourth-order valence-electron chi connectivity index (χ4n) is 8.72. The van der Waals surface area contributed by atoms with Gasteiger partial charge < -0.3 is 23.8 Å². The summed E-state index contributed by atoms with van der Waals surface area (Å²) < 4.78 is 67.0. The van der Waals surface area contributed by atoms with E-state index in [0.29, 0.717) is 5.69 Å². The lowest BCUT2D eigenvalue weighted by atomic mass is 10.0. The van der Waals surface area contributed by atoms with E-state index in [-0.39, 0.29) is 0 Å². The number of benzene rings is 10. The van der Waals surface area contributed by atoms with Gasteiger partial charge in [0.1, 0.15) is 5.75 Å². The van der Waals surface area contributed by atoms with Crippen molar-refractivity contribution in [2.24, 2.45) is 0 Å². The van der Waals surface area contributed by atoms with Crippen molar-refractivity contribution in [3.63, 3.8) is 0 Å². The highest BCUT2D eigenvalue weighted by Gasteiger charge is 2.48. The Hall–Kier alpha value is -9.06. The monoisotopic (exact) mass is 984 g/mol. The molecule has 7 nitrogen and oxygen atoms in total. The number of anilines is 12. The summed E-state index contributed by atoms with van der Waals surface area (Å²) >= 11 is 0. The summed E-state index contributed by atoms with van der Waals surface area (Å²) in [5.41, 5.74) is 8.70. The molecule has 10 aromatic rings. The molecule has 0 fully saturated rings. The largest absolute Gasteiger partial charge is 0.534 e. The SMILES string of the molecule is Cc1ccc(N(c2ccc(OS(=O)(=O)C(F)(F)F)cc2)c2ccc(-c3ccc(N(c4ccc(N(c5ccccc5)c5ccccc5)cc4)c4ccc(N(c5ccccc5)c5ccccc5)cc4)cc3)cc2)cc1. The van der Waals surface area contributed by atoms with Gasteiger partial charge in [0.25, 0.3) is 0 Å². The molecular formula is C62H47F3N4O3S. The normalized spacial score (nSPS) is 11.4. The molecule has 11 heteroatoms. The Morgan fingerprint density at radius 3 is 0.753 bits per heavy atom. The van der Waals surface area contributed by atoms with E-state index in [1.807, 2.05) is 133 Å². The minimum atomic E-state index is -5.82. The third-order valence-electron chi connectivity index (χ3n) is 12.3. The zero-order valence-corrected chi connectivity index (χ0v) is 40.3. The molecule has 0 spiro atoms. The molecule has 0 atom stereocenters. The lowest BCUT2D eigenvalue weighted by Gasteiger charge is -2.29. The number of rotatable bonds is 15. The first-order valence-electron chi connectivity index (χ1n) is 23.5. The molecule has 73 heavy (non-hydrogen) atoms. The topological polar surface area (TPSA) is 56.3 Å². The zero-order chi connectivity index (χ0) is 50.4. The standard InChI is InChI=1S/C62H47F3N4O3S/c1-46-22-28-53(29-23-46)68(60-42-44-61(45-43-60)72-73(70,71)62(63,64)65)54-30-24-47(25-31-54)48-26-32-55(33-27-48)69(58-38-34-56(35-39-58)66(49-14-6-2-7-15-49)50-16-8-3-9-17-50)59-40-36-57(37-41-59)67(51-18-10-4-11-19-51)52-20-12-5-13-21-52/h2-45H,1H3. The number of halogens is 3. The maximum Gasteiger partial charge on any atom is 0.534 e. The van der Waals surface area contributed by atoms with Crippen LogP contribution in [-0.4, -0.2) is 13.9 Å². The quantitative estimate of drug-likeness (QED) is 0.0749. The van der Waals surface area contributed by atoms with Gasteiger partial charge in [0.2, 0.25) is 0 Å². The highest BCUT2D eigenvalue weighted by molar-refractivity contribution is 7.88. The van der Waals surface area contributed by atoms with Crippen LogP contribution in [0, 0.1) is 6.92 Å². The highest BCUT2D eigenvalue weighted by atomic mass is 32.2. The minimum absolute atomic E-state index is 0.452. The van der Waals surface area contributed by atoms with Crippen LogP contribution in [0.4, 0.5) is 81.4 Å². The molecule has 0 aliphatic rings. The van der Waals surface area contributed by atoms with Gasteiger partial charge in [0.15, 0.2) is 0 Å². The van der Waals surface area contributed by atoms with E-state index in [9.17, 15) is 21.6 Å². The van der Waals surface area contributed by atoms with Crippen molar-refractivity contribution >= 4 is 78.4 Å². The molecule has 0 unspecified atom stereocenters. The van der Waals surface area contributed by atoms with Gasteiger partial charge in [-0.2, -0.15) is 21.6 Å². The number of para-hydroxylation sites is 4. The van der Waals surface area contributed by atoms with Gasteiger partial charge in [-0.3, -0.25) is 0 Å². The molecule has 0 heterocycles. The lowest BCUT2D eigenvalue weighted by Crippen LogP contribution is -2.28. The molecular weight excluding hydrogens is 938 g/mol. The molecule has 0 saturated heterocycles.